The fourth-order valence-electron chi connectivity index (χ4n) is 1.89. The number of β-amino-alcohol motifs (C(OH)–C–C–N with tert-alkyl or cyclic N) is 1. The average molecular weight is 241 g/mol. The standard InChI is InChI=1S/C12H13F2NO2/c1-12(17)6-15(7-12)11(16)5-8-2-3-9(13)10(14)4-8/h2-4,17H,5-7H2,1H3. The molecule has 0 aliphatic carbocycles. The summed E-state index contributed by atoms with van der Waals surface area (Å²) in [5.41, 5.74) is -0.385. The first-order valence-corrected chi connectivity index (χ1v) is 5.31. The van der Waals surface area contributed by atoms with Gasteiger partial charge >= 0.3 is 0 Å². The molecule has 0 atom stereocenters. The second-order valence-electron chi connectivity index (χ2n) is 4.67. The van der Waals surface area contributed by atoms with E-state index in [4.69, 9.17) is 0 Å². The Balaban J connectivity index is 1.97. The van der Waals surface area contributed by atoms with E-state index in [-0.39, 0.29) is 25.4 Å². The molecular formula is C12H13F2NO2. The molecule has 1 heterocycles. The molecule has 1 aliphatic heterocycles. The Kier molecular flexibility index (Phi) is 2.87. The van der Waals surface area contributed by atoms with Crippen molar-refractivity contribution in [3.63, 3.8) is 0 Å². The first kappa shape index (κ1) is 12.0. The topological polar surface area (TPSA) is 40.5 Å². The van der Waals surface area contributed by atoms with Crippen molar-refractivity contribution in [1.82, 2.24) is 4.90 Å². The third-order valence-electron chi connectivity index (χ3n) is 2.76. The van der Waals surface area contributed by atoms with Gasteiger partial charge in [0.05, 0.1) is 25.1 Å². The summed E-state index contributed by atoms with van der Waals surface area (Å²) in [5, 5.41) is 9.48. The van der Waals surface area contributed by atoms with Crippen LogP contribution in [0.1, 0.15) is 12.5 Å². The number of aliphatic hydroxyl groups is 1. The molecule has 0 spiro atoms. The summed E-state index contributed by atoms with van der Waals surface area (Å²) >= 11 is 0. The molecule has 1 saturated heterocycles. The minimum absolute atomic E-state index is 0.0211. The molecule has 5 heteroatoms. The summed E-state index contributed by atoms with van der Waals surface area (Å²) in [6, 6.07) is 3.41. The molecule has 0 unspecified atom stereocenters. The molecule has 0 bridgehead atoms. The maximum Gasteiger partial charge on any atom is 0.227 e. The van der Waals surface area contributed by atoms with E-state index >= 15 is 0 Å². The molecule has 0 aromatic heterocycles. The van der Waals surface area contributed by atoms with Crippen molar-refractivity contribution < 1.29 is 18.7 Å². The van der Waals surface area contributed by atoms with Crippen molar-refractivity contribution in [3.8, 4) is 0 Å². The molecule has 0 saturated carbocycles. The molecule has 2 rings (SSSR count). The van der Waals surface area contributed by atoms with Gasteiger partial charge in [-0.1, -0.05) is 6.07 Å². The first-order valence-electron chi connectivity index (χ1n) is 5.31. The van der Waals surface area contributed by atoms with Crippen LogP contribution in [0.5, 0.6) is 0 Å². The zero-order valence-corrected chi connectivity index (χ0v) is 9.41. The van der Waals surface area contributed by atoms with E-state index in [1.54, 1.807) is 6.92 Å². The quantitative estimate of drug-likeness (QED) is 0.842. The van der Waals surface area contributed by atoms with E-state index in [0.29, 0.717) is 5.56 Å². The number of carbonyl (C=O) groups is 1. The second kappa shape index (κ2) is 4.07. The Morgan fingerprint density at radius 2 is 2.06 bits per heavy atom. The fraction of sp³-hybridized carbons (Fsp3) is 0.417. The maximum atomic E-state index is 12.9. The van der Waals surface area contributed by atoms with Gasteiger partial charge in [0.2, 0.25) is 5.91 Å². The van der Waals surface area contributed by atoms with Crippen LogP contribution < -0.4 is 0 Å². The zero-order chi connectivity index (χ0) is 12.6. The van der Waals surface area contributed by atoms with E-state index in [2.05, 4.69) is 0 Å². The number of hydrogen-bond acceptors (Lipinski definition) is 2. The molecule has 1 N–H and O–H groups in total. The van der Waals surface area contributed by atoms with Gasteiger partial charge in [0.15, 0.2) is 11.6 Å². The summed E-state index contributed by atoms with van der Waals surface area (Å²) < 4.78 is 25.6. The Bertz CT molecular complexity index is 452. The van der Waals surface area contributed by atoms with Gasteiger partial charge in [0.1, 0.15) is 0 Å². The third kappa shape index (κ3) is 2.61. The number of nitrogens with zero attached hydrogens (tertiary/aromatic N) is 1. The zero-order valence-electron chi connectivity index (χ0n) is 9.41. The smallest absolute Gasteiger partial charge is 0.227 e. The number of likely N-dealkylation sites (tertiary alicyclic amines) is 1. The van der Waals surface area contributed by atoms with Crippen LogP contribution in [-0.4, -0.2) is 34.6 Å². The largest absolute Gasteiger partial charge is 0.386 e. The third-order valence-corrected chi connectivity index (χ3v) is 2.76. The van der Waals surface area contributed by atoms with Crippen molar-refractivity contribution in [2.75, 3.05) is 13.1 Å². The summed E-state index contributed by atoms with van der Waals surface area (Å²) in [5.74, 6) is -2.07. The van der Waals surface area contributed by atoms with Crippen LogP contribution in [0.2, 0.25) is 0 Å². The number of amides is 1. The Labute approximate surface area is 97.7 Å². The van der Waals surface area contributed by atoms with Gasteiger partial charge in [0, 0.05) is 0 Å². The van der Waals surface area contributed by atoms with E-state index in [1.165, 1.54) is 11.0 Å². The van der Waals surface area contributed by atoms with Gasteiger partial charge in [0.25, 0.3) is 0 Å². The highest BCUT2D eigenvalue weighted by Gasteiger charge is 2.39. The van der Waals surface area contributed by atoms with Gasteiger partial charge in [-0.05, 0) is 24.6 Å². The molecule has 3 nitrogen and oxygen atoms in total. The molecule has 1 aromatic carbocycles. The molecule has 92 valence electrons. The van der Waals surface area contributed by atoms with Crippen molar-refractivity contribution in [1.29, 1.82) is 0 Å². The predicted octanol–water partition coefficient (Wildman–Crippen LogP) is 1.10. The maximum absolute atomic E-state index is 12.9. The summed E-state index contributed by atoms with van der Waals surface area (Å²) in [4.78, 5) is 13.2. The fourth-order valence-corrected chi connectivity index (χ4v) is 1.89. The molecule has 17 heavy (non-hydrogen) atoms. The highest BCUT2D eigenvalue weighted by molar-refractivity contribution is 5.79. The van der Waals surface area contributed by atoms with E-state index < -0.39 is 17.2 Å². The number of rotatable bonds is 2. The lowest BCUT2D eigenvalue weighted by Crippen LogP contribution is -2.62. The van der Waals surface area contributed by atoms with Gasteiger partial charge in [-0.3, -0.25) is 4.79 Å². The van der Waals surface area contributed by atoms with Crippen LogP contribution in [0, 0.1) is 11.6 Å². The van der Waals surface area contributed by atoms with Gasteiger partial charge in [-0.2, -0.15) is 0 Å². The van der Waals surface area contributed by atoms with Crippen LogP contribution in [-0.2, 0) is 11.2 Å². The lowest BCUT2D eigenvalue weighted by Gasteiger charge is -2.44. The summed E-state index contributed by atoms with van der Waals surface area (Å²) in [6.45, 7) is 2.22. The number of halogens is 2. The molecule has 0 radical (unpaired) electrons. The van der Waals surface area contributed by atoms with E-state index in [9.17, 15) is 18.7 Å². The summed E-state index contributed by atoms with van der Waals surface area (Å²) in [7, 11) is 0. The molecule has 1 aliphatic rings. The van der Waals surface area contributed by atoms with E-state index in [1.807, 2.05) is 0 Å². The highest BCUT2D eigenvalue weighted by atomic mass is 19.2. The second-order valence-corrected chi connectivity index (χ2v) is 4.67. The van der Waals surface area contributed by atoms with Crippen LogP contribution in [0.3, 0.4) is 0 Å². The van der Waals surface area contributed by atoms with Crippen LogP contribution in [0.15, 0.2) is 18.2 Å². The molecule has 1 aromatic rings. The number of carbonyl (C=O) groups excluding carboxylic acids is 1. The monoisotopic (exact) mass is 241 g/mol. The molecule has 1 fully saturated rings. The lowest BCUT2D eigenvalue weighted by molar-refractivity contribution is -0.151. The Morgan fingerprint density at radius 1 is 1.41 bits per heavy atom. The van der Waals surface area contributed by atoms with Crippen LogP contribution in [0.25, 0.3) is 0 Å². The lowest BCUT2D eigenvalue weighted by atomic mass is 9.96. The van der Waals surface area contributed by atoms with Gasteiger partial charge < -0.3 is 10.0 Å². The number of benzene rings is 1. The SMILES string of the molecule is CC1(O)CN(C(=O)Cc2ccc(F)c(F)c2)C1. The van der Waals surface area contributed by atoms with Crippen molar-refractivity contribution in [2.45, 2.75) is 18.9 Å². The van der Waals surface area contributed by atoms with E-state index in [0.717, 1.165) is 12.1 Å². The number of hydrogen-bond donors (Lipinski definition) is 1. The summed E-state index contributed by atoms with van der Waals surface area (Å²) in [6.07, 6.45) is 0.0211. The normalized spacial score (nSPS) is 17.8. The minimum atomic E-state index is -0.953. The van der Waals surface area contributed by atoms with Crippen LogP contribution >= 0.6 is 0 Å². The average Bonchev–Trinajstić information content (AvgIpc) is 2.20. The Hall–Kier alpha value is -1.49. The first-order chi connectivity index (χ1) is 7.87. The molecule has 1 amide bonds. The predicted molar refractivity (Wildman–Crippen MR) is 57.3 cm³/mol. The minimum Gasteiger partial charge on any atom is -0.386 e. The molecular weight excluding hydrogens is 228 g/mol. The van der Waals surface area contributed by atoms with Crippen LogP contribution in [0.4, 0.5) is 8.78 Å². The highest BCUT2D eigenvalue weighted by Crippen LogP contribution is 2.21. The van der Waals surface area contributed by atoms with Crippen molar-refractivity contribution in [3.05, 3.63) is 35.4 Å². The van der Waals surface area contributed by atoms with Crippen molar-refractivity contribution >= 4 is 5.91 Å². The van der Waals surface area contributed by atoms with Gasteiger partial charge in [-0.25, -0.2) is 8.78 Å². The van der Waals surface area contributed by atoms with Crippen molar-refractivity contribution in [2.24, 2.45) is 0 Å². The van der Waals surface area contributed by atoms with Gasteiger partial charge in [-0.15, -0.1) is 0 Å². The Morgan fingerprint density at radius 3 is 2.59 bits per heavy atom.